The van der Waals surface area contributed by atoms with Gasteiger partial charge in [0.15, 0.2) is 10.6 Å². The molecule has 28 heavy (non-hydrogen) atoms. The van der Waals surface area contributed by atoms with Crippen molar-refractivity contribution in [2.45, 2.75) is 15.7 Å². The second-order valence-corrected chi connectivity index (χ2v) is 9.39. The summed E-state index contributed by atoms with van der Waals surface area (Å²) in [6, 6.07) is 12.9. The van der Waals surface area contributed by atoms with Gasteiger partial charge in [-0.25, -0.2) is 4.98 Å². The van der Waals surface area contributed by atoms with E-state index in [9.17, 15) is 13.0 Å². The molecule has 2 heterocycles. The maximum atomic E-state index is 12.8. The van der Waals surface area contributed by atoms with Crippen molar-refractivity contribution in [2.75, 3.05) is 4.72 Å². The SMILES string of the molecule is O=S(=O)(Nc1cc(Cl)ccc1[S+]([O-])Cc1cnc[nH]1)c1cc2ccccc2o1. The van der Waals surface area contributed by atoms with Crippen molar-refractivity contribution < 1.29 is 17.4 Å². The Morgan fingerprint density at radius 2 is 2.04 bits per heavy atom. The van der Waals surface area contributed by atoms with Crippen LogP contribution in [0, 0.1) is 0 Å². The van der Waals surface area contributed by atoms with Crippen LogP contribution >= 0.6 is 11.6 Å². The van der Waals surface area contributed by atoms with Crippen molar-refractivity contribution in [2.24, 2.45) is 0 Å². The van der Waals surface area contributed by atoms with Gasteiger partial charge in [-0.15, -0.1) is 0 Å². The number of nitrogens with one attached hydrogen (secondary N) is 2. The Hall–Kier alpha value is -2.46. The molecule has 10 heteroatoms. The number of furan rings is 1. The molecule has 144 valence electrons. The zero-order valence-electron chi connectivity index (χ0n) is 14.3. The highest BCUT2D eigenvalue weighted by molar-refractivity contribution is 7.93. The minimum absolute atomic E-state index is 0.130. The van der Waals surface area contributed by atoms with E-state index < -0.39 is 21.2 Å². The third kappa shape index (κ3) is 3.88. The standard InChI is InChI=1S/C18H14ClN3O4S2/c19-13-5-6-17(27(23)10-14-9-20-11-21-14)15(8-13)22-28(24,25)18-7-12-3-1-2-4-16(12)26-18/h1-9,11,22H,10H2,(H,20,21). The fourth-order valence-corrected chi connectivity index (χ4v) is 5.10. The summed E-state index contributed by atoms with van der Waals surface area (Å²) in [5, 5.41) is 0.737. The summed E-state index contributed by atoms with van der Waals surface area (Å²) in [5.74, 6) is 0.154. The van der Waals surface area contributed by atoms with Gasteiger partial charge in [0.1, 0.15) is 11.3 Å². The number of sulfonamides is 1. The maximum absolute atomic E-state index is 12.8. The summed E-state index contributed by atoms with van der Waals surface area (Å²) in [5.41, 5.74) is 1.25. The van der Waals surface area contributed by atoms with Crippen molar-refractivity contribution in [3.05, 3.63) is 71.8 Å². The summed E-state index contributed by atoms with van der Waals surface area (Å²) in [7, 11) is -4.04. The van der Waals surface area contributed by atoms with E-state index >= 15 is 0 Å². The molecule has 0 radical (unpaired) electrons. The second-order valence-electron chi connectivity index (χ2n) is 5.92. The third-order valence-electron chi connectivity index (χ3n) is 3.94. The third-order valence-corrected chi connectivity index (χ3v) is 6.81. The van der Waals surface area contributed by atoms with Gasteiger partial charge in [0.2, 0.25) is 5.09 Å². The van der Waals surface area contributed by atoms with Crippen LogP contribution in [0.1, 0.15) is 5.69 Å². The molecular weight excluding hydrogens is 422 g/mol. The summed E-state index contributed by atoms with van der Waals surface area (Å²) >= 11 is 4.50. The maximum Gasteiger partial charge on any atom is 0.295 e. The molecular formula is C18H14ClN3O4S2. The van der Waals surface area contributed by atoms with E-state index in [2.05, 4.69) is 14.7 Å². The number of rotatable bonds is 6. The fourth-order valence-electron chi connectivity index (χ4n) is 2.65. The van der Waals surface area contributed by atoms with E-state index in [1.54, 1.807) is 36.5 Å². The number of aromatic amines is 1. The minimum atomic E-state index is -4.04. The number of fused-ring (bicyclic) bond motifs is 1. The Morgan fingerprint density at radius 1 is 1.21 bits per heavy atom. The molecule has 0 saturated carbocycles. The van der Waals surface area contributed by atoms with Gasteiger partial charge >= 0.3 is 0 Å². The molecule has 2 aromatic carbocycles. The fraction of sp³-hybridized carbons (Fsp3) is 0.0556. The smallest absolute Gasteiger partial charge is 0.295 e. The Labute approximate surface area is 169 Å². The molecule has 2 N–H and O–H groups in total. The van der Waals surface area contributed by atoms with Crippen LogP contribution in [0.5, 0.6) is 0 Å². The molecule has 0 amide bonds. The quantitative estimate of drug-likeness (QED) is 0.446. The zero-order valence-corrected chi connectivity index (χ0v) is 16.6. The lowest BCUT2D eigenvalue weighted by molar-refractivity contribution is 0.484. The highest BCUT2D eigenvalue weighted by Gasteiger charge is 2.25. The van der Waals surface area contributed by atoms with Crippen molar-refractivity contribution >= 4 is 49.5 Å². The van der Waals surface area contributed by atoms with Crippen molar-refractivity contribution in [3.63, 3.8) is 0 Å². The Morgan fingerprint density at radius 3 is 2.79 bits per heavy atom. The van der Waals surface area contributed by atoms with Gasteiger partial charge in [0, 0.05) is 16.5 Å². The molecule has 0 bridgehead atoms. The lowest BCUT2D eigenvalue weighted by Crippen LogP contribution is -2.16. The lowest BCUT2D eigenvalue weighted by Gasteiger charge is -2.14. The predicted octanol–water partition coefficient (Wildman–Crippen LogP) is 3.92. The molecule has 2 aromatic heterocycles. The van der Waals surface area contributed by atoms with E-state index in [1.165, 1.54) is 24.5 Å². The number of H-pyrrole nitrogens is 1. The average molecular weight is 436 g/mol. The van der Waals surface area contributed by atoms with Gasteiger partial charge in [-0.05, 0) is 35.4 Å². The van der Waals surface area contributed by atoms with Crippen LogP contribution in [0.2, 0.25) is 5.02 Å². The molecule has 0 aliphatic rings. The molecule has 1 atom stereocenters. The van der Waals surface area contributed by atoms with Crippen LogP contribution in [0.15, 0.2) is 75.5 Å². The number of benzene rings is 2. The summed E-state index contributed by atoms with van der Waals surface area (Å²) in [6.45, 7) is 0. The number of hydrogen-bond donors (Lipinski definition) is 2. The predicted molar refractivity (Wildman–Crippen MR) is 107 cm³/mol. The van der Waals surface area contributed by atoms with Gasteiger partial charge in [-0.2, -0.15) is 8.42 Å². The topological polar surface area (TPSA) is 111 Å². The first kappa shape index (κ1) is 18.9. The van der Waals surface area contributed by atoms with E-state index in [0.717, 1.165) is 0 Å². The van der Waals surface area contributed by atoms with Crippen molar-refractivity contribution in [1.82, 2.24) is 9.97 Å². The monoisotopic (exact) mass is 435 g/mol. The van der Waals surface area contributed by atoms with E-state index in [1.807, 2.05) is 0 Å². The van der Waals surface area contributed by atoms with E-state index in [-0.39, 0.29) is 16.5 Å². The Bertz CT molecular complexity index is 1190. The number of aromatic nitrogens is 2. The van der Waals surface area contributed by atoms with E-state index in [0.29, 0.717) is 26.6 Å². The van der Waals surface area contributed by atoms with Crippen LogP contribution in [0.25, 0.3) is 11.0 Å². The summed E-state index contributed by atoms with van der Waals surface area (Å²) in [6.07, 6.45) is 3.05. The van der Waals surface area contributed by atoms with E-state index in [4.69, 9.17) is 16.0 Å². The number of hydrogen-bond acceptors (Lipinski definition) is 5. The van der Waals surface area contributed by atoms with Crippen molar-refractivity contribution in [3.8, 4) is 0 Å². The number of imidazole rings is 1. The molecule has 0 fully saturated rings. The largest absolute Gasteiger partial charge is 0.611 e. The molecule has 1 unspecified atom stereocenters. The molecule has 4 aromatic rings. The van der Waals surface area contributed by atoms with Crippen LogP contribution in [0.4, 0.5) is 5.69 Å². The minimum Gasteiger partial charge on any atom is -0.611 e. The van der Waals surface area contributed by atoms with Crippen LogP contribution < -0.4 is 4.72 Å². The van der Waals surface area contributed by atoms with Crippen molar-refractivity contribution in [1.29, 1.82) is 0 Å². The van der Waals surface area contributed by atoms with Gasteiger partial charge in [0.25, 0.3) is 10.0 Å². The number of halogens is 1. The van der Waals surface area contributed by atoms with Crippen LogP contribution in [0.3, 0.4) is 0 Å². The number of nitrogens with zero attached hydrogens (tertiary/aromatic N) is 1. The normalized spacial score (nSPS) is 12.9. The molecule has 4 rings (SSSR count). The summed E-state index contributed by atoms with van der Waals surface area (Å²) in [4.78, 5) is 7.07. The van der Waals surface area contributed by atoms with Crippen LogP contribution in [-0.2, 0) is 27.0 Å². The molecule has 0 aliphatic heterocycles. The number of anilines is 1. The van der Waals surface area contributed by atoms with Gasteiger partial charge in [-0.3, -0.25) is 4.72 Å². The molecule has 7 nitrogen and oxygen atoms in total. The first-order valence-electron chi connectivity index (χ1n) is 8.09. The average Bonchev–Trinajstić information content (AvgIpc) is 3.30. The Balaban J connectivity index is 1.67. The van der Waals surface area contributed by atoms with Gasteiger partial charge < -0.3 is 14.0 Å². The molecule has 0 aliphatic carbocycles. The summed E-state index contributed by atoms with van der Waals surface area (Å²) < 4.78 is 46.3. The lowest BCUT2D eigenvalue weighted by atomic mass is 10.3. The molecule has 0 spiro atoms. The Kier molecular flexibility index (Phi) is 5.07. The first-order valence-corrected chi connectivity index (χ1v) is 11.3. The van der Waals surface area contributed by atoms with Gasteiger partial charge in [-0.1, -0.05) is 29.8 Å². The first-order chi connectivity index (χ1) is 13.4. The highest BCUT2D eigenvalue weighted by Crippen LogP contribution is 2.31. The molecule has 0 saturated heterocycles. The van der Waals surface area contributed by atoms with Crippen LogP contribution in [-0.4, -0.2) is 22.9 Å². The highest BCUT2D eigenvalue weighted by atomic mass is 35.5. The van der Waals surface area contributed by atoms with Gasteiger partial charge in [0.05, 0.1) is 18.2 Å². The number of para-hydroxylation sites is 1. The zero-order chi connectivity index (χ0) is 19.7. The second kappa shape index (κ2) is 7.51.